The Labute approximate surface area is 182 Å². The third-order valence-electron chi connectivity index (χ3n) is 5.41. The van der Waals surface area contributed by atoms with Crippen LogP contribution in [0.1, 0.15) is 32.6 Å². The molecule has 1 saturated carbocycles. The van der Waals surface area contributed by atoms with Crippen molar-refractivity contribution >= 4 is 0 Å². The predicted molar refractivity (Wildman–Crippen MR) is 109 cm³/mol. The monoisotopic (exact) mass is 456 g/mol. The van der Waals surface area contributed by atoms with Gasteiger partial charge in [-0.2, -0.15) is 17.6 Å². The number of ether oxygens (including phenoxy) is 2. The Morgan fingerprint density at radius 2 is 1.53 bits per heavy atom. The minimum atomic E-state index is -3.56. The molecule has 0 aliphatic heterocycles. The van der Waals surface area contributed by atoms with Crippen LogP contribution in [0.25, 0.3) is 11.1 Å². The van der Waals surface area contributed by atoms with Crippen LogP contribution in [0.2, 0.25) is 0 Å². The molecule has 2 aromatic carbocycles. The fraction of sp³-hybridized carbons (Fsp3) is 0.333. The number of rotatable bonds is 7. The van der Waals surface area contributed by atoms with E-state index in [1.165, 1.54) is 24.3 Å². The van der Waals surface area contributed by atoms with Crippen LogP contribution in [0.15, 0.2) is 60.9 Å². The Kier molecular flexibility index (Phi) is 7.53. The first-order valence-electron chi connectivity index (χ1n) is 10.2. The van der Waals surface area contributed by atoms with Gasteiger partial charge in [-0.3, -0.25) is 0 Å². The van der Waals surface area contributed by atoms with E-state index in [4.69, 9.17) is 4.74 Å². The maximum absolute atomic E-state index is 14.6. The Balaban J connectivity index is 1.73. The molecule has 8 heteroatoms. The van der Waals surface area contributed by atoms with E-state index in [2.05, 4.69) is 4.74 Å². The minimum absolute atomic E-state index is 0.0334. The number of hydrogen-bond donors (Lipinski definition) is 0. The van der Waals surface area contributed by atoms with Crippen LogP contribution in [-0.4, -0.2) is 6.11 Å². The van der Waals surface area contributed by atoms with Crippen molar-refractivity contribution < 1.29 is 35.8 Å². The van der Waals surface area contributed by atoms with Gasteiger partial charge in [-0.1, -0.05) is 24.3 Å². The van der Waals surface area contributed by atoms with Crippen molar-refractivity contribution in [2.45, 2.75) is 38.7 Å². The summed E-state index contributed by atoms with van der Waals surface area (Å²) in [6.07, 6.45) is 0.231. The molecule has 0 spiro atoms. The fourth-order valence-electron chi connectivity index (χ4n) is 3.86. The third kappa shape index (κ3) is 5.87. The minimum Gasteiger partial charge on any atom is -0.459 e. The first-order chi connectivity index (χ1) is 15.2. The molecule has 32 heavy (non-hydrogen) atoms. The van der Waals surface area contributed by atoms with Crippen LogP contribution in [0.4, 0.5) is 26.3 Å². The Morgan fingerprint density at radius 3 is 2.06 bits per heavy atom. The van der Waals surface area contributed by atoms with Crippen molar-refractivity contribution in [3.8, 4) is 22.6 Å². The van der Waals surface area contributed by atoms with Crippen LogP contribution in [-0.2, 0) is 0 Å². The second kappa shape index (κ2) is 10.1. The average molecular weight is 456 g/mol. The summed E-state index contributed by atoms with van der Waals surface area (Å²) in [5.74, 6) is -3.53. The zero-order chi connectivity index (χ0) is 23.3. The first kappa shape index (κ1) is 23.8. The summed E-state index contributed by atoms with van der Waals surface area (Å²) < 4.78 is 91.9. The highest BCUT2D eigenvalue weighted by atomic mass is 19.3. The second-order valence-corrected chi connectivity index (χ2v) is 7.61. The van der Waals surface area contributed by atoms with Crippen molar-refractivity contribution in [3.63, 3.8) is 0 Å². The molecule has 0 unspecified atom stereocenters. The molecule has 0 saturated heterocycles. The fourth-order valence-corrected chi connectivity index (χ4v) is 3.86. The molecule has 0 aromatic heterocycles. The zero-order valence-corrected chi connectivity index (χ0v) is 17.3. The second-order valence-electron chi connectivity index (χ2n) is 7.61. The summed E-state index contributed by atoms with van der Waals surface area (Å²) in [6.45, 7) is 1.88. The van der Waals surface area contributed by atoms with E-state index >= 15 is 0 Å². The van der Waals surface area contributed by atoms with E-state index < -0.39 is 41.1 Å². The largest absolute Gasteiger partial charge is 0.459 e. The summed E-state index contributed by atoms with van der Waals surface area (Å²) >= 11 is 0. The summed E-state index contributed by atoms with van der Waals surface area (Å²) in [7, 11) is 0. The Hall–Kier alpha value is -2.90. The van der Waals surface area contributed by atoms with Crippen LogP contribution in [0, 0.1) is 23.5 Å². The highest BCUT2D eigenvalue weighted by Gasteiger charge is 2.44. The smallest absolute Gasteiger partial charge is 0.400 e. The van der Waals surface area contributed by atoms with Crippen LogP contribution < -0.4 is 9.47 Å². The average Bonchev–Trinajstić information content (AvgIpc) is 2.73. The molecule has 2 aromatic rings. The Morgan fingerprint density at radius 1 is 0.938 bits per heavy atom. The quantitative estimate of drug-likeness (QED) is 0.238. The normalized spacial score (nSPS) is 19.1. The molecule has 0 bridgehead atoms. The lowest BCUT2D eigenvalue weighted by molar-refractivity contribution is -0.223. The van der Waals surface area contributed by atoms with Gasteiger partial charge in [0.2, 0.25) is 0 Å². The number of halogens is 6. The summed E-state index contributed by atoms with van der Waals surface area (Å²) in [4.78, 5) is 0. The van der Waals surface area contributed by atoms with Gasteiger partial charge in [-0.25, -0.2) is 8.78 Å². The van der Waals surface area contributed by atoms with Crippen molar-refractivity contribution in [3.05, 3.63) is 72.5 Å². The zero-order valence-electron chi connectivity index (χ0n) is 17.3. The third-order valence-corrected chi connectivity index (χ3v) is 5.41. The standard InChI is InChI=1S/C24H22F6O2/c1-2-3-15-4-8-17(9-5-15)24(29,30)32-19-12-20(25)23(21(26)13-19)16-6-10-18(11-7-16)31-14-22(27)28/h2-3,6-7,10-15,17H,4-5,8-9H2,1H3/b3-2+. The van der Waals surface area contributed by atoms with Gasteiger partial charge in [0.05, 0.1) is 11.5 Å². The molecule has 1 aliphatic rings. The van der Waals surface area contributed by atoms with Gasteiger partial charge in [0, 0.05) is 12.1 Å². The molecule has 1 fully saturated rings. The highest BCUT2D eigenvalue weighted by Crippen LogP contribution is 2.41. The van der Waals surface area contributed by atoms with Crippen LogP contribution >= 0.6 is 0 Å². The molecule has 2 nitrogen and oxygen atoms in total. The van der Waals surface area contributed by atoms with E-state index in [0.29, 0.717) is 25.0 Å². The van der Waals surface area contributed by atoms with Crippen molar-refractivity contribution in [2.24, 2.45) is 11.8 Å². The number of alkyl halides is 2. The van der Waals surface area contributed by atoms with Crippen molar-refractivity contribution in [1.82, 2.24) is 0 Å². The van der Waals surface area contributed by atoms with Gasteiger partial charge in [0.15, 0.2) is 6.26 Å². The predicted octanol–water partition coefficient (Wildman–Crippen LogP) is 8.10. The molecule has 0 heterocycles. The highest BCUT2D eigenvalue weighted by molar-refractivity contribution is 5.66. The van der Waals surface area contributed by atoms with Crippen LogP contribution in [0.3, 0.4) is 0 Å². The van der Waals surface area contributed by atoms with Gasteiger partial charge in [-0.15, -0.1) is 0 Å². The summed E-state index contributed by atoms with van der Waals surface area (Å²) in [6, 6.07) is 6.44. The maximum atomic E-state index is 14.6. The lowest BCUT2D eigenvalue weighted by Crippen LogP contribution is -2.37. The molecule has 0 N–H and O–H groups in total. The lowest BCUT2D eigenvalue weighted by Gasteiger charge is -2.32. The first-order valence-corrected chi connectivity index (χ1v) is 10.2. The van der Waals surface area contributed by atoms with E-state index in [1.54, 1.807) is 0 Å². The van der Waals surface area contributed by atoms with E-state index in [1.807, 2.05) is 19.1 Å². The van der Waals surface area contributed by atoms with Gasteiger partial charge < -0.3 is 9.47 Å². The molecule has 0 atom stereocenters. The Bertz CT molecular complexity index is 949. The van der Waals surface area contributed by atoms with E-state index in [9.17, 15) is 26.3 Å². The van der Waals surface area contributed by atoms with Crippen LogP contribution in [0.5, 0.6) is 11.5 Å². The molecule has 172 valence electrons. The molecular formula is C24H22F6O2. The number of allylic oxidation sites excluding steroid dienone is 2. The van der Waals surface area contributed by atoms with Gasteiger partial charge in [-0.05, 0) is 56.2 Å². The topological polar surface area (TPSA) is 18.5 Å². The molecule has 3 rings (SSSR count). The van der Waals surface area contributed by atoms with E-state index in [-0.39, 0.29) is 36.3 Å². The molecular weight excluding hydrogens is 434 g/mol. The summed E-state index contributed by atoms with van der Waals surface area (Å²) in [5, 5.41) is 0. The number of hydrogen-bond acceptors (Lipinski definition) is 2. The molecule has 0 radical (unpaired) electrons. The van der Waals surface area contributed by atoms with Crippen molar-refractivity contribution in [1.29, 1.82) is 0 Å². The van der Waals surface area contributed by atoms with Gasteiger partial charge in [0.25, 0.3) is 0 Å². The molecule has 0 amide bonds. The van der Waals surface area contributed by atoms with Crippen molar-refractivity contribution in [2.75, 3.05) is 0 Å². The summed E-state index contributed by atoms with van der Waals surface area (Å²) in [5.41, 5.74) is -0.371. The lowest BCUT2D eigenvalue weighted by atomic mass is 9.81. The van der Waals surface area contributed by atoms with Gasteiger partial charge >= 0.3 is 12.2 Å². The van der Waals surface area contributed by atoms with E-state index in [0.717, 1.165) is 0 Å². The number of benzene rings is 2. The molecule has 1 aliphatic carbocycles. The SMILES string of the molecule is C/C=C/C1CCC(C(F)(F)Oc2cc(F)c(-c3ccc(OC=C(F)F)cc3)c(F)c2)CC1. The van der Waals surface area contributed by atoms with Gasteiger partial charge in [0.1, 0.15) is 23.1 Å². The maximum Gasteiger partial charge on any atom is 0.400 e.